The number of ether oxygens (including phenoxy) is 2. The smallest absolute Gasteiger partial charge is 0.378 e. The Bertz CT molecular complexity index is 2640. The molecular weight excluding hydrogens is 883 g/mol. The van der Waals surface area contributed by atoms with E-state index in [1.165, 1.54) is 22.3 Å². The first-order valence-electron chi connectivity index (χ1n) is 23.9. The Morgan fingerprint density at radius 2 is 1.90 bits per heavy atom. The molecule has 8 bridgehead atoms. The number of piperazine rings is 1. The first kappa shape index (κ1) is 48.5. The van der Waals surface area contributed by atoms with E-state index in [9.17, 15) is 19.2 Å². The number of likely N-dealkylation sites (N-methyl/N-ethyl adjacent to an activating group) is 1. The van der Waals surface area contributed by atoms with Crippen LogP contribution in [0.4, 0.5) is 4.79 Å². The third-order valence-electron chi connectivity index (χ3n) is 14.2. The molecule has 362 valence electrons. The highest BCUT2D eigenvalue weighted by Crippen LogP contribution is 2.42. The van der Waals surface area contributed by atoms with Gasteiger partial charge in [-0.15, -0.1) is 21.0 Å². The molecule has 17 heteroatoms. The Morgan fingerprint density at radius 1 is 1.15 bits per heavy atom. The number of nitrogens with one attached hydrogen (secondary N) is 1. The number of piperidine rings is 1. The molecule has 0 radical (unpaired) electrons. The van der Waals surface area contributed by atoms with E-state index in [1.54, 1.807) is 53.0 Å². The van der Waals surface area contributed by atoms with Gasteiger partial charge in [-0.3, -0.25) is 19.4 Å². The van der Waals surface area contributed by atoms with Gasteiger partial charge in [0.25, 0.3) is 11.9 Å². The number of esters is 1. The molecule has 5 aliphatic heterocycles. The van der Waals surface area contributed by atoms with Gasteiger partial charge in [0.05, 0.1) is 53.4 Å². The molecule has 5 amide bonds. The Balaban J connectivity index is 1.17. The lowest BCUT2D eigenvalue weighted by Gasteiger charge is -2.56. The highest BCUT2D eigenvalue weighted by Gasteiger charge is 2.49. The van der Waals surface area contributed by atoms with Crippen molar-refractivity contribution in [3.8, 4) is 22.5 Å². The van der Waals surface area contributed by atoms with Crippen LogP contribution in [-0.4, -0.2) is 145 Å². The van der Waals surface area contributed by atoms with E-state index < -0.39 is 41.3 Å². The van der Waals surface area contributed by atoms with E-state index in [2.05, 4.69) is 61.5 Å². The molecule has 4 fully saturated rings. The molecule has 1 N–H and O–H groups in total. The van der Waals surface area contributed by atoms with E-state index in [4.69, 9.17) is 19.4 Å². The number of methoxy groups -OCH3 is 1. The van der Waals surface area contributed by atoms with Crippen molar-refractivity contribution >= 4 is 58.2 Å². The monoisotopic (exact) mass is 948 g/mol. The van der Waals surface area contributed by atoms with Crippen LogP contribution in [-0.2, 0) is 48.0 Å². The molecule has 6 atom stereocenters. The van der Waals surface area contributed by atoms with Gasteiger partial charge in [-0.2, -0.15) is 0 Å². The molecule has 16 nitrogen and oxygen atoms in total. The second-order valence-electron chi connectivity index (χ2n) is 19.7. The van der Waals surface area contributed by atoms with Crippen LogP contribution in [0, 0.1) is 11.3 Å². The van der Waals surface area contributed by atoms with Crippen molar-refractivity contribution in [2.24, 2.45) is 11.3 Å². The van der Waals surface area contributed by atoms with Crippen LogP contribution < -0.4 is 5.32 Å². The Kier molecular flexibility index (Phi) is 14.0. The van der Waals surface area contributed by atoms with E-state index in [0.717, 1.165) is 51.1 Å². The van der Waals surface area contributed by atoms with Crippen molar-refractivity contribution in [3.05, 3.63) is 70.8 Å². The number of amides is 5. The fraction of sp³-hybridized carbons (Fsp3) is 0.529. The molecule has 68 heavy (non-hydrogen) atoms. The number of hydrazone groups is 1. The van der Waals surface area contributed by atoms with Gasteiger partial charge in [-0.25, -0.2) is 14.6 Å². The van der Waals surface area contributed by atoms with Gasteiger partial charge in [0.15, 0.2) is 6.21 Å². The fourth-order valence-electron chi connectivity index (χ4n) is 10.8. The predicted molar refractivity (Wildman–Crippen MR) is 261 cm³/mol. The summed E-state index contributed by atoms with van der Waals surface area (Å²) in [6, 6.07) is 7.11. The summed E-state index contributed by atoms with van der Waals surface area (Å²) in [5, 5.41) is 8.30. The van der Waals surface area contributed by atoms with Gasteiger partial charge in [0.2, 0.25) is 11.8 Å². The average molecular weight is 949 g/mol. The maximum atomic E-state index is 15.0. The van der Waals surface area contributed by atoms with E-state index in [1.807, 2.05) is 32.2 Å². The number of cyclic esters (lactones) is 1. The number of hydrogen-bond donors (Lipinski definition) is 1. The van der Waals surface area contributed by atoms with Gasteiger partial charge >= 0.3 is 12.0 Å². The molecule has 3 aromatic heterocycles. The van der Waals surface area contributed by atoms with E-state index >= 15 is 4.79 Å². The first-order chi connectivity index (χ1) is 32.5. The Hall–Kier alpha value is -5.94. The van der Waals surface area contributed by atoms with Gasteiger partial charge in [0, 0.05) is 92.6 Å². The summed E-state index contributed by atoms with van der Waals surface area (Å²) in [4.78, 5) is 85.4. The number of hydrazine groups is 1. The van der Waals surface area contributed by atoms with Gasteiger partial charge < -0.3 is 34.1 Å². The largest absolute Gasteiger partial charge is 0.460 e. The van der Waals surface area contributed by atoms with Crippen molar-refractivity contribution in [3.63, 3.8) is 0 Å². The summed E-state index contributed by atoms with van der Waals surface area (Å²) in [6.45, 7) is 19.4. The second kappa shape index (κ2) is 19.6. The number of pyridine rings is 1. The number of benzene rings is 1. The minimum Gasteiger partial charge on any atom is -0.460 e. The van der Waals surface area contributed by atoms with Crippen LogP contribution in [0.5, 0.6) is 0 Å². The van der Waals surface area contributed by atoms with Crippen molar-refractivity contribution < 1.29 is 38.1 Å². The molecule has 9 rings (SSSR count). The number of aryl methyl sites for hydroxylation is 1. The normalized spacial score (nSPS) is 23.1. The standard InChI is InChI=1S/C51H65N9O7S/c1-11-43(61)60-33-23-34(60)27-56(26-33)50(65)55(9)45(30(4)5)47(62)54-38-24-42-53-39(28-68-42)32-18-19-40-36(22-32)37(46(57(40)12-2)35-16-14-20-52-44(35)31(6)66-10)25-51(7,8)29-67-49(64)41-17-15-21-59(48(38)63)58(41)13-3/h11,13-14,16,18-20,22,28,30-31,33-34,38,41,45H,1,12,15,17,21,23-27,29H2,2-10H3/p+1/b58-13+/t31-,33?,34?,38-,41-,45-/m0/s1. The molecule has 1 aromatic carbocycles. The summed E-state index contributed by atoms with van der Waals surface area (Å²) in [5.41, 5.74) is 6.11. The maximum absolute atomic E-state index is 15.0. The molecule has 4 aromatic rings. The van der Waals surface area contributed by atoms with Crippen LogP contribution in [0.2, 0.25) is 0 Å². The zero-order valence-corrected chi connectivity index (χ0v) is 41.7. The van der Waals surface area contributed by atoms with Gasteiger partial charge in [-0.05, 0) is 74.9 Å². The van der Waals surface area contributed by atoms with Crippen molar-refractivity contribution in [2.45, 2.75) is 123 Å². The molecule has 4 saturated heterocycles. The third kappa shape index (κ3) is 9.06. The Labute approximate surface area is 402 Å². The van der Waals surface area contributed by atoms with E-state index in [-0.39, 0.29) is 49.1 Å². The predicted octanol–water partition coefficient (Wildman–Crippen LogP) is 6.26. The zero-order valence-electron chi connectivity index (χ0n) is 40.9. The number of nitrogens with zero attached hydrogens (tertiary/aromatic N) is 8. The lowest BCUT2D eigenvalue weighted by atomic mass is 9.84. The van der Waals surface area contributed by atoms with Gasteiger partial charge in [0.1, 0.15) is 12.1 Å². The lowest BCUT2D eigenvalue weighted by molar-refractivity contribution is -0.696. The third-order valence-corrected chi connectivity index (χ3v) is 15.0. The highest BCUT2D eigenvalue weighted by molar-refractivity contribution is 7.10. The number of carbonyl (C=O) groups is 5. The molecule has 8 heterocycles. The molecule has 0 saturated carbocycles. The first-order valence-corrected chi connectivity index (χ1v) is 24.8. The highest BCUT2D eigenvalue weighted by atomic mass is 32.1. The minimum absolute atomic E-state index is 0.0725. The molecule has 2 unspecified atom stereocenters. The summed E-state index contributed by atoms with van der Waals surface area (Å²) in [5.74, 6) is -1.78. The van der Waals surface area contributed by atoms with Crippen LogP contribution in [0.1, 0.15) is 90.1 Å². The van der Waals surface area contributed by atoms with Crippen molar-refractivity contribution in [1.82, 2.24) is 39.6 Å². The lowest BCUT2D eigenvalue weighted by Crippen LogP contribution is -2.72. The van der Waals surface area contributed by atoms with Crippen LogP contribution in [0.3, 0.4) is 0 Å². The Morgan fingerprint density at radius 3 is 2.57 bits per heavy atom. The van der Waals surface area contributed by atoms with E-state index in [0.29, 0.717) is 50.4 Å². The number of urea groups is 1. The SMILES string of the molecule is C=CC(=O)N1C2CC1CN(C(=O)N(C)[C@H](C(=O)N[C@H]1Cc3nc(cs3)-c3ccc4c(c3)c(c(-c3cccnc3[C@H](C)OC)n4CC)CC(C)(C)COC(=O)[C@@H]3CCCN(C1=O)/[N+]3=C/C)C(C)C)C2. The molecule has 0 aliphatic carbocycles. The summed E-state index contributed by atoms with van der Waals surface area (Å²) < 4.78 is 16.0. The van der Waals surface area contributed by atoms with Crippen LogP contribution in [0.15, 0.2) is 54.6 Å². The van der Waals surface area contributed by atoms with Crippen molar-refractivity contribution in [1.29, 1.82) is 0 Å². The van der Waals surface area contributed by atoms with Crippen molar-refractivity contribution in [2.75, 3.05) is 40.4 Å². The zero-order chi connectivity index (χ0) is 48.8. The summed E-state index contributed by atoms with van der Waals surface area (Å²) in [7, 11) is 3.30. The number of aromatic nitrogens is 3. The number of fused-ring (bicyclic) bond motifs is 8. The van der Waals surface area contributed by atoms with Crippen LogP contribution >= 0.6 is 11.3 Å². The molecule has 5 aliphatic rings. The maximum Gasteiger partial charge on any atom is 0.378 e. The number of hydrogen-bond acceptors (Lipinski definition) is 10. The van der Waals surface area contributed by atoms with Crippen LogP contribution in [0.25, 0.3) is 33.4 Å². The molecular formula is C51H66N9O7S+. The quantitative estimate of drug-likeness (QED) is 0.116. The summed E-state index contributed by atoms with van der Waals surface area (Å²) in [6.07, 6.45) is 7.02. The minimum atomic E-state index is -1.10. The summed E-state index contributed by atoms with van der Waals surface area (Å²) >= 11 is 1.41. The topological polar surface area (TPSA) is 163 Å². The second-order valence-corrected chi connectivity index (χ2v) is 20.6. The molecule has 0 spiro atoms. The fourth-order valence-corrected chi connectivity index (χ4v) is 11.7. The number of carbonyl (C=O) groups excluding carboxylic acids is 5. The number of rotatable bonds is 9. The average Bonchev–Trinajstić information content (AvgIpc) is 3.92. The number of thiazole rings is 1. The van der Waals surface area contributed by atoms with Gasteiger partial charge in [-0.1, -0.05) is 40.3 Å².